The van der Waals surface area contributed by atoms with Crippen LogP contribution in [0.15, 0.2) is 12.1 Å². The zero-order valence-corrected chi connectivity index (χ0v) is 11.9. The van der Waals surface area contributed by atoms with Crippen LogP contribution in [0.2, 0.25) is 0 Å². The molecule has 2 N–H and O–H groups in total. The van der Waals surface area contributed by atoms with Gasteiger partial charge in [-0.2, -0.15) is 0 Å². The van der Waals surface area contributed by atoms with E-state index in [2.05, 4.69) is 12.2 Å². The van der Waals surface area contributed by atoms with Gasteiger partial charge in [0.15, 0.2) is 11.5 Å². The summed E-state index contributed by atoms with van der Waals surface area (Å²) in [5.74, 6) is 1.77. The lowest BCUT2D eigenvalue weighted by Crippen LogP contribution is -2.36. The van der Waals surface area contributed by atoms with E-state index in [1.165, 1.54) is 19.3 Å². The average molecular weight is 265 g/mol. The van der Waals surface area contributed by atoms with Gasteiger partial charge in [0, 0.05) is 12.6 Å². The number of phenols is 1. The Hall–Kier alpha value is -1.42. The highest BCUT2D eigenvalue weighted by Gasteiger charge is 2.23. The molecule has 2 rings (SSSR count). The fourth-order valence-corrected chi connectivity index (χ4v) is 2.44. The van der Waals surface area contributed by atoms with Crippen molar-refractivity contribution in [1.29, 1.82) is 0 Å². The fraction of sp³-hybridized carbons (Fsp3) is 0.600. The standard InChI is InChI=1S/C15H23NO3/c1-10(12-5-4-6-12)16-9-11-7-13(18-2)15(17)14(8-11)19-3/h7-8,10,12,16-17H,4-6,9H2,1-3H3. The van der Waals surface area contributed by atoms with Crippen molar-refractivity contribution < 1.29 is 14.6 Å². The van der Waals surface area contributed by atoms with Crippen LogP contribution in [0.4, 0.5) is 0 Å². The van der Waals surface area contributed by atoms with E-state index in [0.717, 1.165) is 18.0 Å². The van der Waals surface area contributed by atoms with E-state index < -0.39 is 0 Å². The largest absolute Gasteiger partial charge is 0.502 e. The number of aromatic hydroxyl groups is 1. The molecule has 1 aromatic rings. The molecule has 0 bridgehead atoms. The van der Waals surface area contributed by atoms with Crippen molar-refractivity contribution in [2.24, 2.45) is 5.92 Å². The molecule has 1 fully saturated rings. The summed E-state index contributed by atoms with van der Waals surface area (Å²) in [5.41, 5.74) is 1.05. The number of hydrogen-bond acceptors (Lipinski definition) is 4. The summed E-state index contributed by atoms with van der Waals surface area (Å²) in [6, 6.07) is 4.22. The first-order valence-corrected chi connectivity index (χ1v) is 6.83. The zero-order chi connectivity index (χ0) is 13.8. The van der Waals surface area contributed by atoms with Crippen molar-refractivity contribution in [2.75, 3.05) is 14.2 Å². The Morgan fingerprint density at radius 1 is 1.26 bits per heavy atom. The maximum Gasteiger partial charge on any atom is 0.200 e. The smallest absolute Gasteiger partial charge is 0.200 e. The zero-order valence-electron chi connectivity index (χ0n) is 11.9. The molecular weight excluding hydrogens is 242 g/mol. The second kappa shape index (κ2) is 6.15. The van der Waals surface area contributed by atoms with Crippen LogP contribution in [0.1, 0.15) is 31.7 Å². The third-order valence-corrected chi connectivity index (χ3v) is 4.02. The molecule has 0 saturated heterocycles. The Kier molecular flexibility index (Phi) is 4.53. The van der Waals surface area contributed by atoms with E-state index in [-0.39, 0.29) is 5.75 Å². The summed E-state index contributed by atoms with van der Waals surface area (Å²) in [6.07, 6.45) is 4.02. The molecule has 1 unspecified atom stereocenters. The maximum atomic E-state index is 9.86. The van der Waals surface area contributed by atoms with Gasteiger partial charge in [-0.15, -0.1) is 0 Å². The quantitative estimate of drug-likeness (QED) is 0.830. The molecule has 1 aliphatic carbocycles. The number of phenolic OH excluding ortho intramolecular Hbond substituents is 1. The first-order chi connectivity index (χ1) is 9.15. The molecule has 0 heterocycles. The lowest BCUT2D eigenvalue weighted by atomic mass is 9.80. The van der Waals surface area contributed by atoms with Crippen molar-refractivity contribution in [2.45, 2.75) is 38.8 Å². The Balaban J connectivity index is 2.02. The monoisotopic (exact) mass is 265 g/mol. The van der Waals surface area contributed by atoms with Gasteiger partial charge in [-0.25, -0.2) is 0 Å². The number of ether oxygens (including phenoxy) is 2. The predicted octanol–water partition coefficient (Wildman–Crippen LogP) is 2.69. The second-order valence-corrected chi connectivity index (χ2v) is 5.21. The third kappa shape index (κ3) is 3.13. The highest BCUT2D eigenvalue weighted by atomic mass is 16.5. The molecule has 19 heavy (non-hydrogen) atoms. The van der Waals surface area contributed by atoms with Crippen LogP contribution in [-0.2, 0) is 6.54 Å². The highest BCUT2D eigenvalue weighted by Crippen LogP contribution is 2.37. The minimum absolute atomic E-state index is 0.0563. The molecule has 1 aromatic carbocycles. The lowest BCUT2D eigenvalue weighted by Gasteiger charge is -2.32. The molecule has 1 aliphatic rings. The van der Waals surface area contributed by atoms with Crippen LogP contribution in [0, 0.1) is 5.92 Å². The molecule has 1 saturated carbocycles. The van der Waals surface area contributed by atoms with E-state index in [1.807, 2.05) is 12.1 Å². The van der Waals surface area contributed by atoms with Crippen molar-refractivity contribution in [3.05, 3.63) is 17.7 Å². The van der Waals surface area contributed by atoms with Gasteiger partial charge in [0.1, 0.15) is 0 Å². The summed E-state index contributed by atoms with van der Waals surface area (Å²) in [4.78, 5) is 0. The second-order valence-electron chi connectivity index (χ2n) is 5.21. The first kappa shape index (κ1) is 14.0. The summed E-state index contributed by atoms with van der Waals surface area (Å²) in [6.45, 7) is 2.99. The van der Waals surface area contributed by atoms with Gasteiger partial charge in [-0.1, -0.05) is 6.42 Å². The van der Waals surface area contributed by atoms with Crippen molar-refractivity contribution >= 4 is 0 Å². The number of hydrogen-bond donors (Lipinski definition) is 2. The molecule has 0 aliphatic heterocycles. The number of benzene rings is 1. The Bertz CT molecular complexity index is 404. The molecule has 0 amide bonds. The Labute approximate surface area is 114 Å². The van der Waals surface area contributed by atoms with Gasteiger partial charge in [0.25, 0.3) is 0 Å². The van der Waals surface area contributed by atoms with E-state index in [9.17, 15) is 5.11 Å². The normalized spacial score (nSPS) is 16.8. The third-order valence-electron chi connectivity index (χ3n) is 4.02. The number of nitrogens with one attached hydrogen (secondary N) is 1. The van der Waals surface area contributed by atoms with E-state index in [0.29, 0.717) is 17.5 Å². The van der Waals surface area contributed by atoms with Crippen LogP contribution in [0.5, 0.6) is 17.2 Å². The minimum Gasteiger partial charge on any atom is -0.502 e. The summed E-state index contributed by atoms with van der Waals surface area (Å²) in [7, 11) is 3.09. The van der Waals surface area contributed by atoms with Gasteiger partial charge >= 0.3 is 0 Å². The summed E-state index contributed by atoms with van der Waals surface area (Å²) < 4.78 is 10.3. The minimum atomic E-state index is 0.0563. The fourth-order valence-electron chi connectivity index (χ4n) is 2.44. The van der Waals surface area contributed by atoms with Crippen molar-refractivity contribution in [3.63, 3.8) is 0 Å². The molecule has 1 atom stereocenters. The Morgan fingerprint density at radius 2 is 1.84 bits per heavy atom. The van der Waals surface area contributed by atoms with Crippen LogP contribution in [0.3, 0.4) is 0 Å². The SMILES string of the molecule is COc1cc(CNC(C)C2CCC2)cc(OC)c1O. The molecule has 0 spiro atoms. The maximum absolute atomic E-state index is 9.86. The van der Waals surface area contributed by atoms with Gasteiger partial charge in [0.05, 0.1) is 14.2 Å². The van der Waals surface area contributed by atoms with Crippen LogP contribution in [0.25, 0.3) is 0 Å². The van der Waals surface area contributed by atoms with Gasteiger partial charge < -0.3 is 19.9 Å². The van der Waals surface area contributed by atoms with Crippen LogP contribution < -0.4 is 14.8 Å². The lowest BCUT2D eigenvalue weighted by molar-refractivity contribution is 0.240. The molecule has 0 radical (unpaired) electrons. The number of methoxy groups -OCH3 is 2. The predicted molar refractivity (Wildman–Crippen MR) is 74.9 cm³/mol. The van der Waals surface area contributed by atoms with E-state index >= 15 is 0 Å². The molecule has 0 aromatic heterocycles. The van der Waals surface area contributed by atoms with E-state index in [4.69, 9.17) is 9.47 Å². The van der Waals surface area contributed by atoms with Crippen molar-refractivity contribution in [1.82, 2.24) is 5.32 Å². The first-order valence-electron chi connectivity index (χ1n) is 6.83. The average Bonchev–Trinajstić information content (AvgIpc) is 2.35. The van der Waals surface area contributed by atoms with Crippen molar-refractivity contribution in [3.8, 4) is 17.2 Å². The van der Waals surface area contributed by atoms with Gasteiger partial charge in [-0.3, -0.25) is 0 Å². The summed E-state index contributed by atoms with van der Waals surface area (Å²) in [5, 5.41) is 13.4. The molecule has 4 heteroatoms. The molecule has 106 valence electrons. The number of rotatable bonds is 6. The van der Waals surface area contributed by atoms with Gasteiger partial charge in [-0.05, 0) is 43.4 Å². The van der Waals surface area contributed by atoms with Crippen LogP contribution >= 0.6 is 0 Å². The highest BCUT2D eigenvalue weighted by molar-refractivity contribution is 5.52. The Morgan fingerprint density at radius 3 is 2.26 bits per heavy atom. The molecular formula is C15H23NO3. The van der Waals surface area contributed by atoms with Crippen LogP contribution in [-0.4, -0.2) is 25.4 Å². The van der Waals surface area contributed by atoms with Gasteiger partial charge in [0.2, 0.25) is 5.75 Å². The van der Waals surface area contributed by atoms with E-state index in [1.54, 1.807) is 14.2 Å². The molecule has 4 nitrogen and oxygen atoms in total. The summed E-state index contributed by atoms with van der Waals surface area (Å²) >= 11 is 0. The topological polar surface area (TPSA) is 50.7 Å².